The first-order chi connectivity index (χ1) is 10.6. The van der Waals surface area contributed by atoms with E-state index in [-0.39, 0.29) is 17.6 Å². The lowest BCUT2D eigenvalue weighted by Crippen LogP contribution is -2.20. The average molecular weight is 317 g/mol. The van der Waals surface area contributed by atoms with E-state index in [4.69, 9.17) is 16.3 Å². The number of rotatable bonds is 3. The molecule has 112 valence electrons. The van der Waals surface area contributed by atoms with Gasteiger partial charge in [0.25, 0.3) is 0 Å². The van der Waals surface area contributed by atoms with E-state index in [2.05, 4.69) is 9.97 Å². The Balaban J connectivity index is 2.37. The highest BCUT2D eigenvalue weighted by atomic mass is 35.5. The van der Waals surface area contributed by atoms with Crippen LogP contribution in [0.5, 0.6) is 0 Å². The van der Waals surface area contributed by atoms with Crippen molar-refractivity contribution in [2.45, 2.75) is 6.92 Å². The topological polar surface area (TPSA) is 75.0 Å². The Kier molecular flexibility index (Phi) is 3.73. The maximum atomic E-state index is 12.7. The van der Waals surface area contributed by atoms with Gasteiger partial charge in [-0.25, -0.2) is 4.79 Å². The van der Waals surface area contributed by atoms with Crippen molar-refractivity contribution in [1.82, 2.24) is 9.97 Å². The number of benzene rings is 1. The molecule has 0 aliphatic heterocycles. The number of hydrogen-bond acceptors (Lipinski definition) is 3. The third-order valence-electron chi connectivity index (χ3n) is 3.31. The van der Waals surface area contributed by atoms with Gasteiger partial charge in [-0.15, -0.1) is 0 Å². The van der Waals surface area contributed by atoms with Crippen LogP contribution in [-0.4, -0.2) is 22.5 Å². The van der Waals surface area contributed by atoms with E-state index >= 15 is 0 Å². The Morgan fingerprint density at radius 3 is 2.82 bits per heavy atom. The maximum Gasteiger partial charge on any atom is 0.344 e. The molecule has 5 nitrogen and oxygen atoms in total. The summed E-state index contributed by atoms with van der Waals surface area (Å²) in [6.45, 7) is 1.89. The Hall–Kier alpha value is -2.53. The minimum atomic E-state index is -0.648. The summed E-state index contributed by atoms with van der Waals surface area (Å²) in [5.74, 6) is -0.648. The van der Waals surface area contributed by atoms with Crippen molar-refractivity contribution in [2.75, 3.05) is 6.61 Å². The van der Waals surface area contributed by atoms with Crippen LogP contribution in [0.2, 0.25) is 5.02 Å². The van der Waals surface area contributed by atoms with Crippen molar-refractivity contribution in [2.24, 2.45) is 0 Å². The van der Waals surface area contributed by atoms with E-state index in [1.807, 2.05) is 0 Å². The fourth-order valence-electron chi connectivity index (χ4n) is 2.35. The average Bonchev–Trinajstić information content (AvgIpc) is 3.00. The quantitative estimate of drug-likeness (QED) is 0.728. The molecule has 2 N–H and O–H groups in total. The molecule has 3 aromatic rings. The molecule has 0 saturated heterocycles. The highest BCUT2D eigenvalue weighted by Gasteiger charge is 2.21. The summed E-state index contributed by atoms with van der Waals surface area (Å²) in [4.78, 5) is 31.0. The second-order valence-electron chi connectivity index (χ2n) is 4.70. The monoisotopic (exact) mass is 316 g/mol. The molecule has 0 fully saturated rings. The van der Waals surface area contributed by atoms with E-state index < -0.39 is 5.97 Å². The molecule has 3 rings (SSSR count). The van der Waals surface area contributed by atoms with Crippen molar-refractivity contribution < 1.29 is 9.53 Å². The molecule has 0 spiro atoms. The van der Waals surface area contributed by atoms with Gasteiger partial charge in [-0.1, -0.05) is 11.6 Å². The van der Waals surface area contributed by atoms with E-state index in [1.165, 1.54) is 0 Å². The first-order valence-corrected chi connectivity index (χ1v) is 7.16. The molecule has 22 heavy (non-hydrogen) atoms. The largest absolute Gasteiger partial charge is 0.462 e. The highest BCUT2D eigenvalue weighted by Crippen LogP contribution is 2.23. The van der Waals surface area contributed by atoms with Gasteiger partial charge in [0.1, 0.15) is 5.56 Å². The minimum Gasteiger partial charge on any atom is -0.462 e. The highest BCUT2D eigenvalue weighted by molar-refractivity contribution is 6.31. The lowest BCUT2D eigenvalue weighted by atomic mass is 10.1. The summed E-state index contributed by atoms with van der Waals surface area (Å²) in [6.07, 6.45) is 1.71. The van der Waals surface area contributed by atoms with E-state index in [1.54, 1.807) is 43.5 Å². The molecule has 0 radical (unpaired) electrons. The van der Waals surface area contributed by atoms with Crippen molar-refractivity contribution in [3.8, 4) is 11.4 Å². The third kappa shape index (κ3) is 2.40. The normalized spacial score (nSPS) is 10.8. The molecule has 0 bridgehead atoms. The van der Waals surface area contributed by atoms with Gasteiger partial charge in [0.05, 0.1) is 23.5 Å². The Morgan fingerprint density at radius 2 is 2.14 bits per heavy atom. The molecule has 0 unspecified atom stereocenters. The van der Waals surface area contributed by atoms with Crippen LogP contribution in [0.1, 0.15) is 17.3 Å². The van der Waals surface area contributed by atoms with Gasteiger partial charge in [0.2, 0.25) is 5.43 Å². The predicted octanol–water partition coefficient (Wildman–Crippen LogP) is 3.35. The van der Waals surface area contributed by atoms with Gasteiger partial charge in [-0.3, -0.25) is 4.79 Å². The van der Waals surface area contributed by atoms with Crippen molar-refractivity contribution in [1.29, 1.82) is 0 Å². The third-order valence-corrected chi connectivity index (χ3v) is 3.54. The molecule has 6 heteroatoms. The number of hydrogen-bond donors (Lipinski definition) is 2. The van der Waals surface area contributed by atoms with Crippen LogP contribution in [0.25, 0.3) is 22.3 Å². The second kappa shape index (κ2) is 5.69. The second-order valence-corrected chi connectivity index (χ2v) is 5.13. The van der Waals surface area contributed by atoms with E-state index in [0.29, 0.717) is 27.3 Å². The zero-order valence-electron chi connectivity index (χ0n) is 11.8. The molecule has 0 atom stereocenters. The first-order valence-electron chi connectivity index (χ1n) is 6.78. The number of carbonyl (C=O) groups is 1. The van der Waals surface area contributed by atoms with Crippen molar-refractivity contribution >= 4 is 28.5 Å². The molecule has 0 saturated carbocycles. The number of ether oxygens (including phenoxy) is 1. The zero-order chi connectivity index (χ0) is 15.7. The predicted molar refractivity (Wildman–Crippen MR) is 85.3 cm³/mol. The molecule has 0 aliphatic carbocycles. The summed E-state index contributed by atoms with van der Waals surface area (Å²) >= 11 is 5.98. The van der Waals surface area contributed by atoms with Gasteiger partial charge in [-0.2, -0.15) is 0 Å². The molecular weight excluding hydrogens is 304 g/mol. The van der Waals surface area contributed by atoms with E-state index in [9.17, 15) is 9.59 Å². The molecule has 2 heterocycles. The van der Waals surface area contributed by atoms with Gasteiger partial charge in [0.15, 0.2) is 0 Å². The first kappa shape index (κ1) is 14.4. The SMILES string of the molecule is CCOC(=O)c1c(-c2ccc[nH]2)[nH]c2cc(Cl)ccc2c1=O. The van der Waals surface area contributed by atoms with Crippen LogP contribution in [0, 0.1) is 0 Å². The summed E-state index contributed by atoms with van der Waals surface area (Å²) in [5.41, 5.74) is 1.19. The number of carbonyl (C=O) groups excluding carboxylic acids is 1. The molecule has 1 aromatic carbocycles. The van der Waals surface area contributed by atoms with E-state index in [0.717, 1.165) is 0 Å². The fourth-order valence-corrected chi connectivity index (χ4v) is 2.52. The number of nitrogens with one attached hydrogen (secondary N) is 2. The lowest BCUT2D eigenvalue weighted by molar-refractivity contribution is 0.0525. The number of halogens is 1. The van der Waals surface area contributed by atoms with Gasteiger partial charge >= 0.3 is 5.97 Å². The van der Waals surface area contributed by atoms with Gasteiger partial charge in [0, 0.05) is 16.6 Å². The summed E-state index contributed by atoms with van der Waals surface area (Å²) in [6, 6.07) is 8.41. The summed E-state index contributed by atoms with van der Waals surface area (Å²) in [5, 5.41) is 0.896. The Morgan fingerprint density at radius 1 is 1.32 bits per heavy atom. The van der Waals surface area contributed by atoms with Gasteiger partial charge in [-0.05, 0) is 37.3 Å². The summed E-state index contributed by atoms with van der Waals surface area (Å²) in [7, 11) is 0. The number of H-pyrrole nitrogens is 2. The molecule has 0 amide bonds. The van der Waals surface area contributed by atoms with Crippen LogP contribution >= 0.6 is 11.6 Å². The number of aromatic nitrogens is 2. The van der Waals surface area contributed by atoms with Crippen LogP contribution in [0.4, 0.5) is 0 Å². The number of esters is 1. The standard InChI is InChI=1S/C16H13ClN2O3/c1-2-22-16(21)13-14(11-4-3-7-18-11)19-12-8-9(17)5-6-10(12)15(13)20/h3-8,18H,2H2,1H3,(H,19,20). The molecule has 2 aromatic heterocycles. The molecular formula is C16H13ClN2O3. The zero-order valence-corrected chi connectivity index (χ0v) is 12.5. The Bertz CT molecular complexity index is 898. The summed E-state index contributed by atoms with van der Waals surface area (Å²) < 4.78 is 5.02. The lowest BCUT2D eigenvalue weighted by Gasteiger charge is -2.10. The number of fused-ring (bicyclic) bond motifs is 1. The minimum absolute atomic E-state index is 0.0147. The van der Waals surface area contributed by atoms with Crippen LogP contribution < -0.4 is 5.43 Å². The number of pyridine rings is 1. The smallest absolute Gasteiger partial charge is 0.344 e. The van der Waals surface area contributed by atoms with Gasteiger partial charge < -0.3 is 14.7 Å². The van der Waals surface area contributed by atoms with Crippen LogP contribution in [0.3, 0.4) is 0 Å². The van der Waals surface area contributed by atoms with Crippen molar-refractivity contribution in [3.63, 3.8) is 0 Å². The van der Waals surface area contributed by atoms with Crippen molar-refractivity contribution in [3.05, 3.63) is 57.3 Å². The Labute approximate surface area is 130 Å². The van der Waals surface area contributed by atoms with Crippen LogP contribution in [-0.2, 0) is 4.74 Å². The maximum absolute atomic E-state index is 12.7. The fraction of sp³-hybridized carbons (Fsp3) is 0.125. The number of aromatic amines is 2. The molecule has 0 aliphatic rings. The van der Waals surface area contributed by atoms with Crippen LogP contribution in [0.15, 0.2) is 41.3 Å².